The molecule has 7 nitrogen and oxygen atoms in total. The number of guanidine groups is 1. The van der Waals surface area contributed by atoms with Crippen LogP contribution in [0.4, 0.5) is 5.82 Å². The molecule has 2 fully saturated rings. The van der Waals surface area contributed by atoms with Crippen molar-refractivity contribution in [3.8, 4) is 0 Å². The topological polar surface area (TPSA) is 65.0 Å². The number of anilines is 1. The predicted octanol–water partition coefficient (Wildman–Crippen LogP) is 2.85. The van der Waals surface area contributed by atoms with Crippen molar-refractivity contribution in [2.45, 2.75) is 58.8 Å². The van der Waals surface area contributed by atoms with Gasteiger partial charge in [0.05, 0.1) is 18.8 Å². The number of nitrogens with zero attached hydrogens (tertiary/aromatic N) is 4. The fourth-order valence-corrected chi connectivity index (χ4v) is 4.09. The van der Waals surface area contributed by atoms with Gasteiger partial charge in [0.1, 0.15) is 5.82 Å². The fraction of sp³-hybridized carbons (Fsp3) is 0.727. The first-order valence-corrected chi connectivity index (χ1v) is 11.2. The average Bonchev–Trinajstić information content (AvgIpc) is 2.72. The van der Waals surface area contributed by atoms with Gasteiger partial charge in [0.15, 0.2) is 5.96 Å². The van der Waals surface area contributed by atoms with Crippen LogP contribution in [0.3, 0.4) is 0 Å². The summed E-state index contributed by atoms with van der Waals surface area (Å²) < 4.78 is 5.82. The molecular formula is C22H39IN6O. The summed E-state index contributed by atoms with van der Waals surface area (Å²) >= 11 is 0. The van der Waals surface area contributed by atoms with Gasteiger partial charge < -0.3 is 25.2 Å². The quantitative estimate of drug-likeness (QED) is 0.321. The maximum absolute atomic E-state index is 5.82. The Morgan fingerprint density at radius 3 is 2.50 bits per heavy atom. The third-order valence-corrected chi connectivity index (χ3v) is 5.49. The minimum Gasteiger partial charge on any atom is -0.372 e. The normalized spacial score (nSPS) is 23.0. The van der Waals surface area contributed by atoms with Gasteiger partial charge in [0.2, 0.25) is 0 Å². The largest absolute Gasteiger partial charge is 0.372 e. The highest BCUT2D eigenvalue weighted by Gasteiger charge is 2.22. The number of nitrogens with one attached hydrogen (secondary N) is 2. The molecular weight excluding hydrogens is 491 g/mol. The second kappa shape index (κ2) is 13.3. The molecule has 2 aliphatic heterocycles. The van der Waals surface area contributed by atoms with Gasteiger partial charge in [-0.15, -0.1) is 24.0 Å². The lowest BCUT2D eigenvalue weighted by Gasteiger charge is -2.36. The summed E-state index contributed by atoms with van der Waals surface area (Å²) in [6.45, 7) is 14.1. The van der Waals surface area contributed by atoms with Gasteiger partial charge in [0, 0.05) is 38.9 Å². The highest BCUT2D eigenvalue weighted by molar-refractivity contribution is 14.0. The fourth-order valence-electron chi connectivity index (χ4n) is 4.09. The number of likely N-dealkylation sites (tertiary alicyclic amines) is 1. The Labute approximate surface area is 199 Å². The van der Waals surface area contributed by atoms with Crippen molar-refractivity contribution in [1.29, 1.82) is 0 Å². The summed E-state index contributed by atoms with van der Waals surface area (Å²) in [5.74, 6) is 1.90. The number of aromatic nitrogens is 1. The van der Waals surface area contributed by atoms with E-state index in [0.717, 1.165) is 50.1 Å². The van der Waals surface area contributed by atoms with Crippen LogP contribution in [-0.2, 0) is 11.3 Å². The molecule has 2 aliphatic rings. The number of morpholine rings is 1. The van der Waals surface area contributed by atoms with Crippen molar-refractivity contribution < 1.29 is 4.74 Å². The molecule has 0 bridgehead atoms. The lowest BCUT2D eigenvalue weighted by atomic mass is 10.1. The van der Waals surface area contributed by atoms with Gasteiger partial charge in [-0.2, -0.15) is 0 Å². The molecule has 2 atom stereocenters. The maximum atomic E-state index is 5.82. The Kier molecular flexibility index (Phi) is 11.2. The third-order valence-electron chi connectivity index (χ3n) is 5.49. The van der Waals surface area contributed by atoms with Gasteiger partial charge in [-0.1, -0.05) is 12.5 Å². The van der Waals surface area contributed by atoms with Crippen LogP contribution in [-0.4, -0.2) is 73.9 Å². The van der Waals surface area contributed by atoms with Gasteiger partial charge in [-0.3, -0.25) is 0 Å². The Balaban J connectivity index is 0.00000320. The van der Waals surface area contributed by atoms with Crippen LogP contribution in [0.15, 0.2) is 23.3 Å². The predicted molar refractivity (Wildman–Crippen MR) is 135 cm³/mol. The van der Waals surface area contributed by atoms with Crippen LogP contribution in [0.25, 0.3) is 0 Å². The smallest absolute Gasteiger partial charge is 0.191 e. The van der Waals surface area contributed by atoms with Crippen molar-refractivity contribution in [2.75, 3.05) is 50.7 Å². The van der Waals surface area contributed by atoms with Crippen molar-refractivity contribution in [2.24, 2.45) is 4.99 Å². The summed E-state index contributed by atoms with van der Waals surface area (Å²) in [4.78, 5) is 14.2. The molecule has 0 radical (unpaired) electrons. The number of pyridine rings is 1. The summed E-state index contributed by atoms with van der Waals surface area (Å²) in [6, 6.07) is 4.24. The number of hydrogen-bond donors (Lipinski definition) is 2. The molecule has 0 spiro atoms. The molecule has 0 saturated carbocycles. The van der Waals surface area contributed by atoms with Crippen molar-refractivity contribution in [3.63, 3.8) is 0 Å². The van der Waals surface area contributed by atoms with Crippen molar-refractivity contribution in [1.82, 2.24) is 20.5 Å². The molecule has 0 aromatic carbocycles. The second-order valence-electron chi connectivity index (χ2n) is 8.21. The minimum absolute atomic E-state index is 0. The Hall–Kier alpha value is -1.13. The van der Waals surface area contributed by atoms with Crippen LogP contribution >= 0.6 is 24.0 Å². The molecule has 1 aromatic rings. The van der Waals surface area contributed by atoms with E-state index in [0.29, 0.717) is 6.54 Å². The van der Waals surface area contributed by atoms with E-state index >= 15 is 0 Å². The van der Waals surface area contributed by atoms with Gasteiger partial charge >= 0.3 is 0 Å². The standard InChI is InChI=1S/C22H38N6O.HI/c1-4-23-22(24-10-13-27-11-6-5-7-12-27)26-15-20-8-9-21(25-14-20)28-16-18(2)29-19(3)17-28;/h8-9,14,18-19H,4-7,10-13,15-17H2,1-3H3,(H2,23,24,26);1H. The number of aliphatic imine (C=N–C) groups is 1. The molecule has 8 heteroatoms. The van der Waals surface area contributed by atoms with E-state index in [9.17, 15) is 0 Å². The number of hydrogen-bond acceptors (Lipinski definition) is 5. The van der Waals surface area contributed by atoms with E-state index < -0.39 is 0 Å². The molecule has 2 unspecified atom stereocenters. The number of rotatable bonds is 7. The lowest BCUT2D eigenvalue weighted by molar-refractivity contribution is -0.00545. The monoisotopic (exact) mass is 530 g/mol. The molecule has 3 rings (SSSR count). The summed E-state index contributed by atoms with van der Waals surface area (Å²) in [7, 11) is 0. The van der Waals surface area contributed by atoms with E-state index in [2.05, 4.69) is 58.3 Å². The Bertz CT molecular complexity index is 625. The van der Waals surface area contributed by atoms with Gasteiger partial charge in [0.25, 0.3) is 0 Å². The molecule has 1 aromatic heterocycles. The Morgan fingerprint density at radius 2 is 1.87 bits per heavy atom. The number of piperidine rings is 1. The van der Waals surface area contributed by atoms with Gasteiger partial charge in [-0.05, 0) is 58.3 Å². The van der Waals surface area contributed by atoms with E-state index in [1.165, 1.54) is 32.4 Å². The highest BCUT2D eigenvalue weighted by atomic mass is 127. The molecule has 0 aliphatic carbocycles. The van der Waals surface area contributed by atoms with E-state index in [1.807, 2.05) is 6.20 Å². The zero-order valence-corrected chi connectivity index (χ0v) is 21.1. The molecule has 0 amide bonds. The zero-order valence-electron chi connectivity index (χ0n) is 18.8. The van der Waals surface area contributed by atoms with Crippen LogP contribution in [0, 0.1) is 0 Å². The summed E-state index contributed by atoms with van der Waals surface area (Å²) in [5, 5.41) is 6.81. The first-order valence-electron chi connectivity index (χ1n) is 11.2. The number of halogens is 1. The molecule has 2 N–H and O–H groups in total. The molecule has 30 heavy (non-hydrogen) atoms. The van der Waals surface area contributed by atoms with Crippen molar-refractivity contribution >= 4 is 35.8 Å². The van der Waals surface area contributed by atoms with Gasteiger partial charge in [-0.25, -0.2) is 9.98 Å². The maximum Gasteiger partial charge on any atom is 0.191 e. The SMILES string of the molecule is CCNC(=NCc1ccc(N2CC(C)OC(C)C2)nc1)NCCN1CCCCC1.I. The molecule has 170 valence electrons. The summed E-state index contributed by atoms with van der Waals surface area (Å²) in [5.41, 5.74) is 1.12. The number of ether oxygens (including phenoxy) is 1. The van der Waals surface area contributed by atoms with E-state index in [1.54, 1.807) is 0 Å². The summed E-state index contributed by atoms with van der Waals surface area (Å²) in [6.07, 6.45) is 6.47. The third kappa shape index (κ3) is 8.19. The van der Waals surface area contributed by atoms with E-state index in [-0.39, 0.29) is 36.2 Å². The van der Waals surface area contributed by atoms with E-state index in [4.69, 9.17) is 9.73 Å². The van der Waals surface area contributed by atoms with Crippen molar-refractivity contribution in [3.05, 3.63) is 23.9 Å². The molecule has 3 heterocycles. The first kappa shape index (κ1) is 25.1. The van der Waals surface area contributed by atoms with Crippen LogP contribution < -0.4 is 15.5 Å². The molecule has 2 saturated heterocycles. The van der Waals surface area contributed by atoms with Crippen LogP contribution in [0.5, 0.6) is 0 Å². The minimum atomic E-state index is 0. The second-order valence-corrected chi connectivity index (χ2v) is 8.21. The first-order chi connectivity index (χ1) is 14.1. The lowest BCUT2D eigenvalue weighted by Crippen LogP contribution is -2.45. The van der Waals surface area contributed by atoms with Crippen LogP contribution in [0.1, 0.15) is 45.6 Å². The van der Waals surface area contributed by atoms with Crippen LogP contribution in [0.2, 0.25) is 0 Å². The Morgan fingerprint density at radius 1 is 1.13 bits per heavy atom. The highest BCUT2D eigenvalue weighted by Crippen LogP contribution is 2.18. The average molecular weight is 530 g/mol. The zero-order chi connectivity index (χ0) is 20.5.